The Morgan fingerprint density at radius 2 is 2.00 bits per heavy atom. The van der Waals surface area contributed by atoms with E-state index in [2.05, 4.69) is 46.6 Å². The number of nitrogens with one attached hydrogen (secondary N) is 1. The Balaban J connectivity index is 1.88. The number of benzene rings is 1. The second-order valence-corrected chi connectivity index (χ2v) is 8.18. The minimum absolute atomic E-state index is 0.0524. The van der Waals surface area contributed by atoms with Gasteiger partial charge in [-0.25, -0.2) is 0 Å². The Morgan fingerprint density at radius 1 is 1.20 bits per heavy atom. The van der Waals surface area contributed by atoms with Gasteiger partial charge in [0.2, 0.25) is 0 Å². The number of methoxy groups -OCH3 is 1. The Morgan fingerprint density at radius 3 is 2.60 bits per heavy atom. The average Bonchev–Trinajstić information content (AvgIpc) is 3.23. The van der Waals surface area contributed by atoms with Crippen LogP contribution in [0.25, 0.3) is 0 Å². The number of rotatable bonds is 5. The van der Waals surface area contributed by atoms with Gasteiger partial charge < -0.3 is 19.5 Å². The van der Waals surface area contributed by atoms with E-state index in [1.165, 1.54) is 17.0 Å². The average molecular weight is 441 g/mol. The minimum Gasteiger partial charge on any atom is -0.495 e. The largest absolute Gasteiger partial charge is 0.495 e. The lowest BCUT2D eigenvalue weighted by atomic mass is 9.96. The zero-order chi connectivity index (χ0) is 21.4. The molecule has 7 heteroatoms. The van der Waals surface area contributed by atoms with Crippen molar-refractivity contribution in [3.05, 3.63) is 76.3 Å². The van der Waals surface area contributed by atoms with Crippen LogP contribution in [0.4, 0.5) is 5.69 Å². The smallest absolute Gasteiger partial charge is 0.174 e. The van der Waals surface area contributed by atoms with Crippen LogP contribution < -0.4 is 15.0 Å². The summed E-state index contributed by atoms with van der Waals surface area (Å²) in [6, 6.07) is 13.9. The van der Waals surface area contributed by atoms with Crippen molar-refractivity contribution in [2.45, 2.75) is 39.4 Å². The number of pyridine rings is 1. The number of ether oxygens (including phenoxy) is 1. The molecule has 0 bridgehead atoms. The van der Waals surface area contributed by atoms with Gasteiger partial charge in [-0.1, -0.05) is 17.7 Å². The topological polar surface area (TPSA) is 42.3 Å². The quantitative estimate of drug-likeness (QED) is 0.541. The molecule has 0 aliphatic carbocycles. The molecule has 0 saturated carbocycles. The van der Waals surface area contributed by atoms with Crippen molar-refractivity contribution >= 4 is 34.6 Å². The fraction of sp³-hybridized carbons (Fsp3) is 0.304. The van der Waals surface area contributed by atoms with Gasteiger partial charge in [-0.2, -0.15) is 0 Å². The van der Waals surface area contributed by atoms with Crippen molar-refractivity contribution in [3.63, 3.8) is 0 Å². The van der Waals surface area contributed by atoms with Gasteiger partial charge >= 0.3 is 0 Å². The van der Waals surface area contributed by atoms with E-state index in [-0.39, 0.29) is 12.1 Å². The van der Waals surface area contributed by atoms with Crippen LogP contribution in [0.1, 0.15) is 41.7 Å². The maximum atomic E-state index is 6.45. The number of anilines is 1. The summed E-state index contributed by atoms with van der Waals surface area (Å²) in [6.45, 7) is 7.40. The third-order valence-electron chi connectivity index (χ3n) is 5.76. The van der Waals surface area contributed by atoms with Gasteiger partial charge in [0.25, 0.3) is 0 Å². The number of hydrogen-bond donors (Lipinski definition) is 1. The molecule has 1 aliphatic heterocycles. The molecular weight excluding hydrogens is 416 g/mol. The first kappa shape index (κ1) is 20.7. The SMILES string of the molecule is CCn1c(C)cc([C@@H]2[C@H](c3ccccn3)NC(=S)N2c2ccc(OC)c(Cl)c2)c1C. The van der Waals surface area contributed by atoms with Crippen LogP contribution >= 0.6 is 23.8 Å². The number of hydrogen-bond acceptors (Lipinski definition) is 3. The van der Waals surface area contributed by atoms with Crippen molar-refractivity contribution in [2.24, 2.45) is 0 Å². The fourth-order valence-electron chi connectivity index (χ4n) is 4.37. The molecular formula is C23H25ClN4OS. The van der Waals surface area contributed by atoms with Gasteiger partial charge in [-0.15, -0.1) is 0 Å². The molecule has 3 heterocycles. The molecule has 1 N–H and O–H groups in total. The van der Waals surface area contributed by atoms with Gasteiger partial charge in [-0.3, -0.25) is 4.98 Å². The molecule has 1 aliphatic rings. The minimum atomic E-state index is -0.0783. The molecule has 30 heavy (non-hydrogen) atoms. The van der Waals surface area contributed by atoms with E-state index >= 15 is 0 Å². The lowest BCUT2D eigenvalue weighted by Gasteiger charge is -2.28. The summed E-state index contributed by atoms with van der Waals surface area (Å²) in [5.41, 5.74) is 5.56. The summed E-state index contributed by atoms with van der Waals surface area (Å²) in [5.74, 6) is 0.639. The highest BCUT2D eigenvalue weighted by atomic mass is 35.5. The monoisotopic (exact) mass is 440 g/mol. The maximum Gasteiger partial charge on any atom is 0.174 e. The highest BCUT2D eigenvalue weighted by Gasteiger charge is 2.42. The number of aromatic nitrogens is 2. The summed E-state index contributed by atoms with van der Waals surface area (Å²) in [4.78, 5) is 6.76. The van der Waals surface area contributed by atoms with Crippen LogP contribution in [0.15, 0.2) is 48.7 Å². The first-order valence-electron chi connectivity index (χ1n) is 9.97. The lowest BCUT2D eigenvalue weighted by Crippen LogP contribution is -2.29. The number of halogens is 1. The van der Waals surface area contributed by atoms with Crippen molar-refractivity contribution in [2.75, 3.05) is 12.0 Å². The molecule has 2 atom stereocenters. The predicted molar refractivity (Wildman–Crippen MR) is 126 cm³/mol. The van der Waals surface area contributed by atoms with Gasteiger partial charge in [-0.05, 0) is 75.0 Å². The summed E-state index contributed by atoms with van der Waals surface area (Å²) in [7, 11) is 1.61. The molecule has 0 unspecified atom stereocenters. The molecule has 3 aromatic rings. The number of aryl methyl sites for hydroxylation is 1. The third kappa shape index (κ3) is 3.44. The first-order valence-corrected chi connectivity index (χ1v) is 10.8. The zero-order valence-electron chi connectivity index (χ0n) is 17.5. The predicted octanol–water partition coefficient (Wildman–Crippen LogP) is 5.36. The Labute approximate surface area is 187 Å². The molecule has 0 radical (unpaired) electrons. The normalized spacial score (nSPS) is 18.6. The van der Waals surface area contributed by atoms with Gasteiger partial charge in [0.05, 0.1) is 29.9 Å². The van der Waals surface area contributed by atoms with Crippen LogP contribution in [0.3, 0.4) is 0 Å². The summed E-state index contributed by atoms with van der Waals surface area (Å²) in [5, 5.41) is 4.70. The zero-order valence-corrected chi connectivity index (χ0v) is 19.1. The van der Waals surface area contributed by atoms with E-state index < -0.39 is 0 Å². The molecule has 1 saturated heterocycles. The summed E-state index contributed by atoms with van der Waals surface area (Å²) < 4.78 is 7.66. The van der Waals surface area contributed by atoms with Crippen LogP contribution in [-0.2, 0) is 6.54 Å². The second-order valence-electron chi connectivity index (χ2n) is 7.39. The molecule has 0 spiro atoms. The first-order chi connectivity index (χ1) is 14.5. The maximum absolute atomic E-state index is 6.45. The molecule has 2 aromatic heterocycles. The molecule has 4 rings (SSSR count). The van der Waals surface area contributed by atoms with Crippen molar-refractivity contribution < 1.29 is 4.74 Å². The standard InChI is InChI=1S/C23H25ClN4OS/c1-5-27-14(2)12-17(15(27)3)22-21(19-8-6-7-11-25-19)26-23(30)28(22)16-9-10-20(29-4)18(24)13-16/h6-13,21-22H,5H2,1-4H3,(H,26,30)/t21-,22+/m0/s1. The Kier molecular flexibility index (Phi) is 5.71. The van der Waals surface area contributed by atoms with Crippen molar-refractivity contribution in [3.8, 4) is 5.75 Å². The van der Waals surface area contributed by atoms with E-state index in [0.717, 1.165) is 17.9 Å². The summed E-state index contributed by atoms with van der Waals surface area (Å²) in [6.07, 6.45) is 1.82. The van der Waals surface area contributed by atoms with E-state index in [4.69, 9.17) is 28.6 Å². The van der Waals surface area contributed by atoms with Crippen LogP contribution in [0.2, 0.25) is 5.02 Å². The van der Waals surface area contributed by atoms with Crippen LogP contribution in [-0.4, -0.2) is 21.8 Å². The molecule has 5 nitrogen and oxygen atoms in total. The number of nitrogens with zero attached hydrogens (tertiary/aromatic N) is 3. The summed E-state index contributed by atoms with van der Waals surface area (Å²) >= 11 is 12.3. The highest BCUT2D eigenvalue weighted by Crippen LogP contribution is 2.44. The molecule has 156 valence electrons. The second kappa shape index (κ2) is 8.28. The van der Waals surface area contributed by atoms with Gasteiger partial charge in [0.15, 0.2) is 5.11 Å². The lowest BCUT2D eigenvalue weighted by molar-refractivity contribution is 0.415. The molecule has 0 amide bonds. The van der Waals surface area contributed by atoms with Crippen molar-refractivity contribution in [1.82, 2.24) is 14.9 Å². The van der Waals surface area contributed by atoms with Crippen LogP contribution in [0.5, 0.6) is 5.75 Å². The molecule has 1 aromatic carbocycles. The van der Waals surface area contributed by atoms with Crippen molar-refractivity contribution in [1.29, 1.82) is 0 Å². The molecule has 1 fully saturated rings. The highest BCUT2D eigenvalue weighted by molar-refractivity contribution is 7.80. The Hall–Kier alpha value is -2.57. The van der Waals surface area contributed by atoms with E-state index in [0.29, 0.717) is 15.9 Å². The van der Waals surface area contributed by atoms with E-state index in [1.807, 2.05) is 42.6 Å². The Bertz CT molecular complexity index is 1080. The van der Waals surface area contributed by atoms with E-state index in [9.17, 15) is 0 Å². The van der Waals surface area contributed by atoms with Gasteiger partial charge in [0.1, 0.15) is 5.75 Å². The third-order valence-corrected chi connectivity index (χ3v) is 6.37. The van der Waals surface area contributed by atoms with E-state index in [1.54, 1.807) is 7.11 Å². The van der Waals surface area contributed by atoms with Crippen LogP contribution in [0, 0.1) is 13.8 Å². The fourth-order valence-corrected chi connectivity index (χ4v) is 4.97. The van der Waals surface area contributed by atoms with Gasteiger partial charge in [0, 0.05) is 29.8 Å². The number of thiocarbonyl (C=S) groups is 1.